The van der Waals surface area contributed by atoms with Crippen molar-refractivity contribution < 1.29 is 4.79 Å². The molecule has 2 atom stereocenters. The number of anilines is 1. The third kappa shape index (κ3) is 1.99. The maximum absolute atomic E-state index is 12.6. The van der Waals surface area contributed by atoms with E-state index in [4.69, 9.17) is 0 Å². The van der Waals surface area contributed by atoms with E-state index in [9.17, 15) is 4.79 Å². The average Bonchev–Trinajstić information content (AvgIpc) is 3.01. The van der Waals surface area contributed by atoms with E-state index in [1.807, 2.05) is 29.9 Å². The Labute approximate surface area is 128 Å². The van der Waals surface area contributed by atoms with Crippen LogP contribution in [0.5, 0.6) is 0 Å². The van der Waals surface area contributed by atoms with Gasteiger partial charge in [0.1, 0.15) is 11.2 Å². The number of nitrogens with one attached hydrogen (secondary N) is 2. The lowest BCUT2D eigenvalue weighted by atomic mass is 9.88. The van der Waals surface area contributed by atoms with Crippen LogP contribution in [0.4, 0.5) is 5.00 Å². The van der Waals surface area contributed by atoms with Gasteiger partial charge >= 0.3 is 0 Å². The highest BCUT2D eigenvalue weighted by Crippen LogP contribution is 2.42. The molecule has 1 amide bonds. The van der Waals surface area contributed by atoms with E-state index in [1.54, 1.807) is 11.3 Å². The fourth-order valence-electron chi connectivity index (χ4n) is 3.39. The molecule has 1 aliphatic carbocycles. The summed E-state index contributed by atoms with van der Waals surface area (Å²) < 4.78 is 2.04. The second-order valence-electron chi connectivity index (χ2n) is 6.15. The van der Waals surface area contributed by atoms with Crippen LogP contribution in [0.2, 0.25) is 0 Å². The summed E-state index contributed by atoms with van der Waals surface area (Å²) >= 11 is 1.77. The van der Waals surface area contributed by atoms with Crippen molar-refractivity contribution >= 4 is 22.2 Å². The quantitative estimate of drug-likeness (QED) is 0.850. The number of thiophene rings is 1. The first-order valence-electron chi connectivity index (χ1n) is 7.46. The number of nitrogens with zero attached hydrogens (tertiary/aromatic N) is 1. The molecule has 0 aromatic carbocycles. The molecule has 2 aliphatic rings. The maximum Gasteiger partial charge on any atom is 0.256 e. The molecule has 4 rings (SSSR count). The van der Waals surface area contributed by atoms with Crippen LogP contribution in [0.25, 0.3) is 0 Å². The van der Waals surface area contributed by atoms with E-state index in [1.165, 1.54) is 16.9 Å². The molecule has 0 radical (unpaired) electrons. The van der Waals surface area contributed by atoms with E-state index in [0.29, 0.717) is 0 Å². The number of aryl methyl sites for hydroxylation is 1. The molecule has 1 aliphatic heterocycles. The Morgan fingerprint density at radius 3 is 3.00 bits per heavy atom. The van der Waals surface area contributed by atoms with Gasteiger partial charge in [-0.25, -0.2) is 0 Å². The highest BCUT2D eigenvalue weighted by molar-refractivity contribution is 7.16. The van der Waals surface area contributed by atoms with Crippen molar-refractivity contribution in [3.63, 3.8) is 0 Å². The molecule has 3 heterocycles. The van der Waals surface area contributed by atoms with Crippen LogP contribution in [0, 0.1) is 5.92 Å². The minimum atomic E-state index is -0.137. The van der Waals surface area contributed by atoms with E-state index in [-0.39, 0.29) is 12.1 Å². The van der Waals surface area contributed by atoms with Crippen molar-refractivity contribution in [3.8, 4) is 0 Å². The Morgan fingerprint density at radius 2 is 2.24 bits per heavy atom. The summed E-state index contributed by atoms with van der Waals surface area (Å²) in [5.74, 6) is 0.798. The third-order valence-electron chi connectivity index (χ3n) is 4.57. The zero-order chi connectivity index (χ0) is 14.6. The normalized spacial score (nSPS) is 24.0. The predicted octanol–water partition coefficient (Wildman–Crippen LogP) is 3.07. The van der Waals surface area contributed by atoms with Crippen LogP contribution >= 0.6 is 11.3 Å². The Kier molecular flexibility index (Phi) is 2.85. The first-order chi connectivity index (χ1) is 10.1. The number of carbonyl (C=O) groups excluding carboxylic acids is 1. The van der Waals surface area contributed by atoms with Crippen LogP contribution in [0.1, 0.15) is 46.0 Å². The monoisotopic (exact) mass is 301 g/mol. The fraction of sp³-hybridized carbons (Fsp3) is 0.438. The van der Waals surface area contributed by atoms with Gasteiger partial charge in [-0.3, -0.25) is 4.79 Å². The molecule has 0 saturated heterocycles. The smallest absolute Gasteiger partial charge is 0.256 e. The zero-order valence-electron chi connectivity index (χ0n) is 12.3. The van der Waals surface area contributed by atoms with Gasteiger partial charge in [0.05, 0.1) is 11.3 Å². The van der Waals surface area contributed by atoms with Gasteiger partial charge in [-0.05, 0) is 42.9 Å². The molecule has 0 bridgehead atoms. The Balaban J connectivity index is 1.73. The fourth-order valence-corrected chi connectivity index (χ4v) is 4.82. The van der Waals surface area contributed by atoms with Gasteiger partial charge in [0.2, 0.25) is 0 Å². The number of hydrogen-bond donors (Lipinski definition) is 2. The average molecular weight is 301 g/mol. The van der Waals surface area contributed by atoms with E-state index >= 15 is 0 Å². The third-order valence-corrected chi connectivity index (χ3v) is 5.75. The Hall–Kier alpha value is -1.75. The van der Waals surface area contributed by atoms with Gasteiger partial charge in [0.15, 0.2) is 0 Å². The Morgan fingerprint density at radius 1 is 1.38 bits per heavy atom. The highest BCUT2D eigenvalue weighted by Gasteiger charge is 2.33. The molecule has 110 valence electrons. The SMILES string of the molecule is C[C@@H]1CCc2c(sc3c2C(=O)N[C@H](c2cccn2C)N3)C1. The first-order valence-corrected chi connectivity index (χ1v) is 8.28. The van der Waals surface area contributed by atoms with Crippen molar-refractivity contribution in [1.82, 2.24) is 9.88 Å². The molecule has 2 N–H and O–H groups in total. The lowest BCUT2D eigenvalue weighted by Gasteiger charge is -2.27. The molecule has 2 aromatic heterocycles. The number of hydrogen-bond acceptors (Lipinski definition) is 3. The molecular formula is C16H19N3OS. The summed E-state index contributed by atoms with van der Waals surface area (Å²) in [4.78, 5) is 14.0. The van der Waals surface area contributed by atoms with Crippen LogP contribution in [0.3, 0.4) is 0 Å². The number of amides is 1. The standard InChI is InChI=1S/C16H19N3OS/c1-9-5-6-10-12(8-9)21-16-13(10)15(20)17-14(18-16)11-4-3-7-19(11)2/h3-4,7,9,14,18H,5-6,8H2,1-2H3,(H,17,20)/t9-,14+/m1/s1. The van der Waals surface area contributed by atoms with Gasteiger partial charge in [0.25, 0.3) is 5.91 Å². The van der Waals surface area contributed by atoms with Gasteiger partial charge in [-0.1, -0.05) is 6.92 Å². The largest absolute Gasteiger partial charge is 0.351 e. The number of carbonyl (C=O) groups is 1. The summed E-state index contributed by atoms with van der Waals surface area (Å²) in [7, 11) is 2.00. The van der Waals surface area contributed by atoms with Crippen molar-refractivity contribution in [2.75, 3.05) is 5.32 Å². The van der Waals surface area contributed by atoms with Gasteiger partial charge in [-0.2, -0.15) is 0 Å². The molecule has 0 spiro atoms. The number of fused-ring (bicyclic) bond motifs is 3. The van der Waals surface area contributed by atoms with Gasteiger partial charge in [-0.15, -0.1) is 11.3 Å². The highest BCUT2D eigenvalue weighted by atomic mass is 32.1. The van der Waals surface area contributed by atoms with E-state index in [0.717, 1.165) is 35.0 Å². The van der Waals surface area contributed by atoms with Crippen molar-refractivity contribution in [1.29, 1.82) is 0 Å². The predicted molar refractivity (Wildman–Crippen MR) is 84.8 cm³/mol. The molecule has 2 aromatic rings. The molecule has 0 saturated carbocycles. The summed E-state index contributed by atoms with van der Waals surface area (Å²) in [5, 5.41) is 7.65. The second-order valence-corrected chi connectivity index (χ2v) is 7.26. The van der Waals surface area contributed by atoms with E-state index in [2.05, 4.69) is 17.6 Å². The van der Waals surface area contributed by atoms with Crippen LogP contribution in [0.15, 0.2) is 18.3 Å². The Bertz CT molecular complexity index is 715. The molecule has 0 unspecified atom stereocenters. The molecule has 21 heavy (non-hydrogen) atoms. The van der Waals surface area contributed by atoms with Gasteiger partial charge < -0.3 is 15.2 Å². The van der Waals surface area contributed by atoms with Crippen LogP contribution < -0.4 is 10.6 Å². The van der Waals surface area contributed by atoms with Crippen molar-refractivity contribution in [3.05, 3.63) is 40.0 Å². The van der Waals surface area contributed by atoms with Crippen LogP contribution in [-0.4, -0.2) is 10.5 Å². The van der Waals surface area contributed by atoms with Crippen molar-refractivity contribution in [2.45, 2.75) is 32.4 Å². The molecule has 0 fully saturated rings. The summed E-state index contributed by atoms with van der Waals surface area (Å²) in [6.45, 7) is 2.29. The molecule has 5 heteroatoms. The topological polar surface area (TPSA) is 46.1 Å². The minimum Gasteiger partial charge on any atom is -0.351 e. The first kappa shape index (κ1) is 13.0. The van der Waals surface area contributed by atoms with E-state index < -0.39 is 0 Å². The number of aromatic nitrogens is 1. The summed E-state index contributed by atoms with van der Waals surface area (Å²) in [6, 6.07) is 4.04. The second kappa shape index (κ2) is 4.63. The van der Waals surface area contributed by atoms with Crippen LogP contribution in [-0.2, 0) is 19.9 Å². The van der Waals surface area contributed by atoms with Gasteiger partial charge in [0, 0.05) is 18.1 Å². The zero-order valence-corrected chi connectivity index (χ0v) is 13.1. The minimum absolute atomic E-state index is 0.0713. The van der Waals surface area contributed by atoms with Crippen molar-refractivity contribution in [2.24, 2.45) is 13.0 Å². The summed E-state index contributed by atoms with van der Waals surface area (Å²) in [5.41, 5.74) is 3.25. The molecular weight excluding hydrogens is 282 g/mol. The number of rotatable bonds is 1. The molecule has 4 nitrogen and oxygen atoms in total. The maximum atomic E-state index is 12.6. The lowest BCUT2D eigenvalue weighted by Crippen LogP contribution is -2.39. The summed E-state index contributed by atoms with van der Waals surface area (Å²) in [6.07, 6.45) is 5.19. The lowest BCUT2D eigenvalue weighted by molar-refractivity contribution is 0.0934.